The van der Waals surface area contributed by atoms with Crippen LogP contribution in [0.4, 0.5) is 4.39 Å². The number of nitrogens with zero attached hydrogens (tertiary/aromatic N) is 1. The Kier molecular flexibility index (Phi) is 4.56. The number of hydrogen-bond acceptors (Lipinski definition) is 2. The number of aromatic amines is 1. The predicted molar refractivity (Wildman–Crippen MR) is 82.8 cm³/mol. The first-order valence-electron chi connectivity index (χ1n) is 5.85. The maximum absolute atomic E-state index is 13.6. The molecule has 2 aromatic rings. The molecule has 7 heteroatoms. The predicted octanol–water partition coefficient (Wildman–Crippen LogP) is 3.10. The lowest BCUT2D eigenvalue weighted by molar-refractivity contribution is -0.118. The van der Waals surface area contributed by atoms with Gasteiger partial charge in [0.05, 0.1) is 14.6 Å². The monoisotopic (exact) mass is 393 g/mol. The van der Waals surface area contributed by atoms with E-state index < -0.39 is 0 Å². The summed E-state index contributed by atoms with van der Waals surface area (Å²) < 4.78 is 16.6. The van der Waals surface area contributed by atoms with Gasteiger partial charge in [0.2, 0.25) is 5.91 Å². The molecule has 0 saturated heterocycles. The highest BCUT2D eigenvalue weighted by atomic mass is 127. The van der Waals surface area contributed by atoms with Crippen LogP contribution in [0.25, 0.3) is 11.0 Å². The quantitative estimate of drug-likeness (QED) is 0.466. The van der Waals surface area contributed by atoms with E-state index in [9.17, 15) is 9.18 Å². The van der Waals surface area contributed by atoms with Crippen LogP contribution in [0, 0.1) is 14.2 Å². The number of nitrogens with one attached hydrogen (secondary N) is 1. The van der Waals surface area contributed by atoms with Gasteiger partial charge >= 0.3 is 0 Å². The Balaban J connectivity index is 2.23. The fourth-order valence-corrected chi connectivity index (χ4v) is 2.71. The number of H-pyrrole nitrogens is 1. The van der Waals surface area contributed by atoms with Crippen LogP contribution < -0.4 is 5.73 Å². The van der Waals surface area contributed by atoms with E-state index in [1.807, 2.05) is 27.2 Å². The Labute approximate surface area is 128 Å². The number of hydrogen-bond donors (Lipinski definition) is 2. The van der Waals surface area contributed by atoms with Gasteiger partial charge in [-0.05, 0) is 53.7 Å². The number of halogens is 2. The van der Waals surface area contributed by atoms with Gasteiger partial charge in [-0.3, -0.25) is 4.79 Å². The number of primary amides is 1. The van der Waals surface area contributed by atoms with E-state index in [1.165, 1.54) is 6.07 Å². The summed E-state index contributed by atoms with van der Waals surface area (Å²) in [6.45, 7) is 0.645. The fourth-order valence-electron chi connectivity index (χ4n) is 1.94. The summed E-state index contributed by atoms with van der Waals surface area (Å²) in [5, 5.41) is 0. The van der Waals surface area contributed by atoms with Crippen molar-refractivity contribution in [2.75, 3.05) is 0 Å². The van der Waals surface area contributed by atoms with Crippen LogP contribution in [0.1, 0.15) is 19.3 Å². The number of carbonyl (C=O) groups is 1. The maximum atomic E-state index is 13.6. The van der Waals surface area contributed by atoms with Crippen molar-refractivity contribution in [3.63, 3.8) is 0 Å². The number of aryl methyl sites for hydroxylation is 1. The van der Waals surface area contributed by atoms with Crippen LogP contribution in [0.3, 0.4) is 0 Å². The van der Waals surface area contributed by atoms with Crippen molar-refractivity contribution in [2.24, 2.45) is 5.73 Å². The maximum Gasteiger partial charge on any atom is 0.217 e. The van der Waals surface area contributed by atoms with Crippen molar-refractivity contribution in [3.05, 3.63) is 26.3 Å². The molecule has 1 aromatic carbocycles. The Hall–Kier alpha value is -0.960. The number of benzene rings is 1. The van der Waals surface area contributed by atoms with Gasteiger partial charge in [-0.2, -0.15) is 0 Å². The molecule has 0 radical (unpaired) electrons. The summed E-state index contributed by atoms with van der Waals surface area (Å²) in [5.41, 5.74) is 6.66. The smallest absolute Gasteiger partial charge is 0.217 e. The Morgan fingerprint density at radius 1 is 1.47 bits per heavy atom. The second-order valence-corrected chi connectivity index (χ2v) is 5.84. The molecule has 0 aliphatic heterocycles. The molecule has 2 rings (SSSR count). The molecule has 0 spiro atoms. The SMILES string of the molecule is NC(=O)CCCCn1c(=S)[nH]c2cc(I)c(F)cc21. The molecule has 1 aromatic heterocycles. The summed E-state index contributed by atoms with van der Waals surface area (Å²) in [5.74, 6) is -0.559. The van der Waals surface area contributed by atoms with Crippen LogP contribution in [0.2, 0.25) is 0 Å². The second kappa shape index (κ2) is 6.00. The van der Waals surface area contributed by atoms with Crippen molar-refractivity contribution in [2.45, 2.75) is 25.8 Å². The Morgan fingerprint density at radius 2 is 2.21 bits per heavy atom. The molecule has 0 fully saturated rings. The molecular weight excluding hydrogens is 380 g/mol. The molecule has 1 amide bonds. The van der Waals surface area contributed by atoms with E-state index in [0.29, 0.717) is 27.7 Å². The topological polar surface area (TPSA) is 63.8 Å². The van der Waals surface area contributed by atoms with E-state index in [-0.39, 0.29) is 11.7 Å². The molecule has 0 aliphatic rings. The van der Waals surface area contributed by atoms with E-state index in [2.05, 4.69) is 4.98 Å². The molecule has 4 nitrogen and oxygen atoms in total. The largest absolute Gasteiger partial charge is 0.370 e. The average molecular weight is 393 g/mol. The summed E-state index contributed by atoms with van der Waals surface area (Å²) in [4.78, 5) is 13.7. The van der Waals surface area contributed by atoms with Crippen LogP contribution in [0.5, 0.6) is 0 Å². The molecular formula is C12H13FIN3OS. The van der Waals surface area contributed by atoms with Gasteiger partial charge in [0.1, 0.15) is 5.82 Å². The van der Waals surface area contributed by atoms with Crippen LogP contribution in [-0.2, 0) is 11.3 Å². The van der Waals surface area contributed by atoms with Crippen molar-refractivity contribution in [3.8, 4) is 0 Å². The summed E-state index contributed by atoms with van der Waals surface area (Å²) in [7, 11) is 0. The van der Waals surface area contributed by atoms with Crippen molar-refractivity contribution < 1.29 is 9.18 Å². The zero-order valence-corrected chi connectivity index (χ0v) is 13.1. The molecule has 19 heavy (non-hydrogen) atoms. The number of rotatable bonds is 5. The van der Waals surface area contributed by atoms with Crippen LogP contribution >= 0.6 is 34.8 Å². The van der Waals surface area contributed by atoms with Gasteiger partial charge in [-0.15, -0.1) is 0 Å². The van der Waals surface area contributed by atoms with Gasteiger partial charge in [-0.25, -0.2) is 4.39 Å². The molecule has 3 N–H and O–H groups in total. The Bertz CT molecular complexity index is 679. The van der Waals surface area contributed by atoms with Gasteiger partial charge in [0.15, 0.2) is 4.77 Å². The van der Waals surface area contributed by atoms with Crippen molar-refractivity contribution >= 4 is 51.7 Å². The molecule has 0 saturated carbocycles. The highest BCUT2D eigenvalue weighted by molar-refractivity contribution is 14.1. The highest BCUT2D eigenvalue weighted by Gasteiger charge is 2.08. The molecule has 0 bridgehead atoms. The Morgan fingerprint density at radius 3 is 2.89 bits per heavy atom. The number of aromatic nitrogens is 2. The number of imidazole rings is 1. The highest BCUT2D eigenvalue weighted by Crippen LogP contribution is 2.21. The van der Waals surface area contributed by atoms with E-state index in [1.54, 1.807) is 6.07 Å². The minimum atomic E-state index is -0.303. The third kappa shape index (κ3) is 3.33. The zero-order chi connectivity index (χ0) is 14.0. The fraction of sp³-hybridized carbons (Fsp3) is 0.333. The third-order valence-electron chi connectivity index (χ3n) is 2.87. The molecule has 0 aliphatic carbocycles. The minimum Gasteiger partial charge on any atom is -0.370 e. The minimum absolute atomic E-state index is 0.256. The second-order valence-electron chi connectivity index (χ2n) is 4.29. The lowest BCUT2D eigenvalue weighted by Crippen LogP contribution is -2.10. The first-order valence-corrected chi connectivity index (χ1v) is 7.33. The van der Waals surface area contributed by atoms with Gasteiger partial charge in [0.25, 0.3) is 0 Å². The normalized spacial score (nSPS) is 11.1. The number of unbranched alkanes of at least 4 members (excludes halogenated alkanes) is 1. The van der Waals surface area contributed by atoms with E-state index in [0.717, 1.165) is 17.5 Å². The van der Waals surface area contributed by atoms with Crippen molar-refractivity contribution in [1.82, 2.24) is 9.55 Å². The van der Waals surface area contributed by atoms with Gasteiger partial charge < -0.3 is 15.3 Å². The lowest BCUT2D eigenvalue weighted by atomic mass is 10.2. The van der Waals surface area contributed by atoms with E-state index >= 15 is 0 Å². The number of fused-ring (bicyclic) bond motifs is 1. The zero-order valence-electron chi connectivity index (χ0n) is 10.1. The third-order valence-corrected chi connectivity index (χ3v) is 4.02. The first kappa shape index (κ1) is 14.4. The first-order chi connectivity index (χ1) is 8.99. The summed E-state index contributed by atoms with van der Waals surface area (Å²) >= 11 is 7.18. The number of carbonyl (C=O) groups excluding carboxylic acids is 1. The van der Waals surface area contributed by atoms with Gasteiger partial charge in [0, 0.05) is 19.0 Å². The van der Waals surface area contributed by atoms with Gasteiger partial charge in [-0.1, -0.05) is 0 Å². The lowest BCUT2D eigenvalue weighted by Gasteiger charge is -2.04. The molecule has 1 heterocycles. The van der Waals surface area contributed by atoms with Crippen LogP contribution in [-0.4, -0.2) is 15.5 Å². The summed E-state index contributed by atoms with van der Waals surface area (Å²) in [6, 6.07) is 3.22. The number of nitrogens with two attached hydrogens (primary N) is 1. The standard InChI is InChI=1S/C12H13FIN3OS/c13-7-5-10-9(6-8(7)14)16-12(19)17(10)4-2-1-3-11(15)18/h5-6H,1-4H2,(H2,15,18)(H,16,19). The number of amides is 1. The van der Waals surface area contributed by atoms with Crippen molar-refractivity contribution in [1.29, 1.82) is 0 Å². The summed E-state index contributed by atoms with van der Waals surface area (Å²) in [6.07, 6.45) is 1.84. The average Bonchev–Trinajstić information content (AvgIpc) is 2.61. The van der Waals surface area contributed by atoms with Crippen LogP contribution in [0.15, 0.2) is 12.1 Å². The van der Waals surface area contributed by atoms with E-state index in [4.69, 9.17) is 18.0 Å². The molecule has 102 valence electrons. The molecule has 0 atom stereocenters. The molecule has 0 unspecified atom stereocenters.